The summed E-state index contributed by atoms with van der Waals surface area (Å²) in [7, 11) is 0. The molecule has 98 valence electrons. The number of rotatable bonds is 3. The van der Waals surface area contributed by atoms with Crippen LogP contribution in [0.3, 0.4) is 0 Å². The quantitative estimate of drug-likeness (QED) is 0.912. The Morgan fingerprint density at radius 1 is 1.16 bits per heavy atom. The monoisotopic (exact) mass is 257 g/mol. The van der Waals surface area contributed by atoms with E-state index in [-0.39, 0.29) is 11.9 Å². The fourth-order valence-electron chi connectivity index (χ4n) is 2.48. The molecule has 1 aliphatic heterocycles. The molecule has 1 heterocycles. The van der Waals surface area contributed by atoms with Crippen molar-refractivity contribution in [2.24, 2.45) is 0 Å². The van der Waals surface area contributed by atoms with Crippen LogP contribution >= 0.6 is 0 Å². The van der Waals surface area contributed by atoms with E-state index < -0.39 is 0 Å². The van der Waals surface area contributed by atoms with E-state index in [0.717, 1.165) is 13.0 Å². The third-order valence-electron chi connectivity index (χ3n) is 3.43. The van der Waals surface area contributed by atoms with Crippen molar-refractivity contribution in [2.45, 2.75) is 12.5 Å². The van der Waals surface area contributed by atoms with Gasteiger partial charge in [-0.25, -0.2) is 4.39 Å². The van der Waals surface area contributed by atoms with Crippen LogP contribution in [0.5, 0.6) is 5.75 Å². The standard InChI is InChI=1S/C16H16FNO/c17-13-5-3-6-14(10-13)19-11-16-15-7-2-1-4-12(15)8-9-18-16/h1-7,10,16,18H,8-9,11H2. The van der Waals surface area contributed by atoms with Gasteiger partial charge < -0.3 is 10.1 Å². The molecular formula is C16H16FNO. The summed E-state index contributed by atoms with van der Waals surface area (Å²) in [6.07, 6.45) is 1.05. The smallest absolute Gasteiger partial charge is 0.126 e. The molecule has 0 saturated carbocycles. The Labute approximate surface area is 112 Å². The van der Waals surface area contributed by atoms with E-state index in [1.807, 2.05) is 6.07 Å². The molecule has 3 rings (SSSR count). The SMILES string of the molecule is Fc1cccc(OCC2NCCc3ccccc32)c1. The lowest BCUT2D eigenvalue weighted by atomic mass is 9.95. The molecule has 2 aromatic rings. The molecular weight excluding hydrogens is 241 g/mol. The van der Waals surface area contributed by atoms with Gasteiger partial charge in [0.05, 0.1) is 6.04 Å². The highest BCUT2D eigenvalue weighted by Crippen LogP contribution is 2.23. The van der Waals surface area contributed by atoms with Crippen LogP contribution in [0.25, 0.3) is 0 Å². The second kappa shape index (κ2) is 5.41. The van der Waals surface area contributed by atoms with Gasteiger partial charge in [0.15, 0.2) is 0 Å². The van der Waals surface area contributed by atoms with Crippen molar-refractivity contribution in [1.29, 1.82) is 0 Å². The molecule has 0 saturated heterocycles. The molecule has 0 aliphatic carbocycles. The summed E-state index contributed by atoms with van der Waals surface area (Å²) in [6.45, 7) is 1.47. The maximum absolute atomic E-state index is 13.1. The Hall–Kier alpha value is -1.87. The minimum Gasteiger partial charge on any atom is -0.492 e. The van der Waals surface area contributed by atoms with Crippen LogP contribution in [-0.2, 0) is 6.42 Å². The van der Waals surface area contributed by atoms with Gasteiger partial charge in [0.1, 0.15) is 18.2 Å². The molecule has 2 aromatic carbocycles. The summed E-state index contributed by atoms with van der Waals surface area (Å²) in [5.74, 6) is 0.305. The summed E-state index contributed by atoms with van der Waals surface area (Å²) in [4.78, 5) is 0. The van der Waals surface area contributed by atoms with Gasteiger partial charge in [-0.2, -0.15) is 0 Å². The number of fused-ring (bicyclic) bond motifs is 1. The third-order valence-corrected chi connectivity index (χ3v) is 3.43. The van der Waals surface area contributed by atoms with Crippen molar-refractivity contribution >= 4 is 0 Å². The average molecular weight is 257 g/mol. The molecule has 0 fully saturated rings. The number of hydrogen-bond acceptors (Lipinski definition) is 2. The Kier molecular flexibility index (Phi) is 3.47. The zero-order valence-corrected chi connectivity index (χ0v) is 10.6. The van der Waals surface area contributed by atoms with E-state index in [0.29, 0.717) is 12.4 Å². The Bertz CT molecular complexity index is 570. The highest BCUT2D eigenvalue weighted by atomic mass is 19.1. The summed E-state index contributed by atoms with van der Waals surface area (Å²) in [6, 6.07) is 14.8. The zero-order valence-electron chi connectivity index (χ0n) is 10.6. The molecule has 1 aliphatic rings. The van der Waals surface area contributed by atoms with Gasteiger partial charge in [-0.3, -0.25) is 0 Å². The zero-order chi connectivity index (χ0) is 13.1. The molecule has 1 unspecified atom stereocenters. The van der Waals surface area contributed by atoms with Crippen LogP contribution in [0.2, 0.25) is 0 Å². The predicted octanol–water partition coefficient (Wildman–Crippen LogP) is 3.09. The molecule has 0 amide bonds. The fourth-order valence-corrected chi connectivity index (χ4v) is 2.48. The largest absolute Gasteiger partial charge is 0.492 e. The van der Waals surface area contributed by atoms with Gasteiger partial charge in [0.2, 0.25) is 0 Å². The summed E-state index contributed by atoms with van der Waals surface area (Å²) < 4.78 is 18.8. The molecule has 0 aromatic heterocycles. The second-order valence-corrected chi connectivity index (χ2v) is 4.72. The van der Waals surface area contributed by atoms with Crippen molar-refractivity contribution in [3.8, 4) is 5.75 Å². The van der Waals surface area contributed by atoms with Crippen molar-refractivity contribution < 1.29 is 9.13 Å². The minimum absolute atomic E-state index is 0.174. The predicted molar refractivity (Wildman–Crippen MR) is 72.8 cm³/mol. The Morgan fingerprint density at radius 3 is 2.95 bits per heavy atom. The van der Waals surface area contributed by atoms with E-state index in [4.69, 9.17) is 4.74 Å². The molecule has 0 bridgehead atoms. The first kappa shape index (κ1) is 12.2. The number of ether oxygens (including phenoxy) is 1. The highest BCUT2D eigenvalue weighted by molar-refractivity contribution is 5.32. The van der Waals surface area contributed by atoms with Crippen LogP contribution < -0.4 is 10.1 Å². The first-order chi connectivity index (χ1) is 9.33. The third kappa shape index (κ3) is 2.76. The van der Waals surface area contributed by atoms with Gasteiger partial charge >= 0.3 is 0 Å². The van der Waals surface area contributed by atoms with Gasteiger partial charge in [-0.1, -0.05) is 30.3 Å². The van der Waals surface area contributed by atoms with Gasteiger partial charge in [0.25, 0.3) is 0 Å². The van der Waals surface area contributed by atoms with E-state index in [1.54, 1.807) is 12.1 Å². The van der Waals surface area contributed by atoms with Crippen molar-refractivity contribution in [1.82, 2.24) is 5.32 Å². The van der Waals surface area contributed by atoms with Crippen LogP contribution in [-0.4, -0.2) is 13.2 Å². The van der Waals surface area contributed by atoms with Crippen molar-refractivity contribution in [3.63, 3.8) is 0 Å². The molecule has 1 atom stereocenters. The minimum atomic E-state index is -0.269. The van der Waals surface area contributed by atoms with Crippen molar-refractivity contribution in [3.05, 3.63) is 65.5 Å². The number of nitrogens with one attached hydrogen (secondary N) is 1. The lowest BCUT2D eigenvalue weighted by Crippen LogP contribution is -2.33. The van der Waals surface area contributed by atoms with Crippen LogP contribution in [0, 0.1) is 5.82 Å². The normalized spacial score (nSPS) is 17.8. The lowest BCUT2D eigenvalue weighted by molar-refractivity contribution is 0.260. The summed E-state index contributed by atoms with van der Waals surface area (Å²) in [5.41, 5.74) is 2.65. The molecule has 19 heavy (non-hydrogen) atoms. The number of hydrogen-bond donors (Lipinski definition) is 1. The first-order valence-corrected chi connectivity index (χ1v) is 6.52. The van der Waals surface area contributed by atoms with Crippen LogP contribution in [0.1, 0.15) is 17.2 Å². The fraction of sp³-hybridized carbons (Fsp3) is 0.250. The van der Waals surface area contributed by atoms with E-state index in [9.17, 15) is 4.39 Å². The van der Waals surface area contributed by atoms with Gasteiger partial charge in [-0.15, -0.1) is 0 Å². The summed E-state index contributed by atoms with van der Waals surface area (Å²) >= 11 is 0. The molecule has 0 spiro atoms. The van der Waals surface area contributed by atoms with Gasteiger partial charge in [0, 0.05) is 6.07 Å². The van der Waals surface area contributed by atoms with Crippen LogP contribution in [0.15, 0.2) is 48.5 Å². The van der Waals surface area contributed by atoms with E-state index >= 15 is 0 Å². The Balaban J connectivity index is 1.71. The molecule has 0 radical (unpaired) electrons. The highest BCUT2D eigenvalue weighted by Gasteiger charge is 2.19. The Morgan fingerprint density at radius 2 is 2.05 bits per heavy atom. The van der Waals surface area contributed by atoms with Crippen LogP contribution in [0.4, 0.5) is 4.39 Å². The summed E-state index contributed by atoms with van der Waals surface area (Å²) in [5, 5.41) is 3.44. The maximum Gasteiger partial charge on any atom is 0.126 e. The average Bonchev–Trinajstić information content (AvgIpc) is 2.45. The van der Waals surface area contributed by atoms with Gasteiger partial charge in [-0.05, 0) is 36.2 Å². The number of halogens is 1. The van der Waals surface area contributed by atoms with E-state index in [2.05, 4.69) is 23.5 Å². The van der Waals surface area contributed by atoms with E-state index in [1.165, 1.54) is 23.3 Å². The molecule has 1 N–H and O–H groups in total. The molecule has 2 nitrogen and oxygen atoms in total. The lowest BCUT2D eigenvalue weighted by Gasteiger charge is -2.26. The first-order valence-electron chi connectivity index (χ1n) is 6.52. The number of benzene rings is 2. The topological polar surface area (TPSA) is 21.3 Å². The van der Waals surface area contributed by atoms with Crippen molar-refractivity contribution in [2.75, 3.05) is 13.2 Å². The molecule has 3 heteroatoms. The second-order valence-electron chi connectivity index (χ2n) is 4.72. The maximum atomic E-state index is 13.1.